The molecule has 0 aliphatic carbocycles. The fourth-order valence-electron chi connectivity index (χ4n) is 1.69. The number of anilines is 2. The Morgan fingerprint density at radius 3 is 2.55 bits per heavy atom. The molecule has 106 valence electrons. The van der Waals surface area contributed by atoms with Gasteiger partial charge in [-0.05, 0) is 45.8 Å². The van der Waals surface area contributed by atoms with E-state index in [-0.39, 0.29) is 11.4 Å². The average Bonchev–Trinajstić information content (AvgIpc) is 2.33. The van der Waals surface area contributed by atoms with Gasteiger partial charge in [0.25, 0.3) is 0 Å². The van der Waals surface area contributed by atoms with Gasteiger partial charge < -0.3 is 5.73 Å². The highest BCUT2D eigenvalue weighted by Crippen LogP contribution is 2.26. The SMILES string of the molecule is Nc1cccc(CS(=O)(=O)Nc2c(F)cccc2Br)c1. The van der Waals surface area contributed by atoms with Gasteiger partial charge in [0.15, 0.2) is 0 Å². The lowest BCUT2D eigenvalue weighted by atomic mass is 10.2. The lowest BCUT2D eigenvalue weighted by Crippen LogP contribution is -2.16. The lowest BCUT2D eigenvalue weighted by Gasteiger charge is -2.11. The summed E-state index contributed by atoms with van der Waals surface area (Å²) in [4.78, 5) is 0. The quantitative estimate of drug-likeness (QED) is 0.824. The number of rotatable bonds is 4. The van der Waals surface area contributed by atoms with E-state index in [9.17, 15) is 12.8 Å². The Balaban J connectivity index is 2.24. The number of nitrogens with two attached hydrogens (primary N) is 1. The molecular weight excluding hydrogens is 347 g/mol. The number of hydrogen-bond donors (Lipinski definition) is 2. The molecule has 0 aromatic heterocycles. The van der Waals surface area contributed by atoms with Crippen LogP contribution in [0.3, 0.4) is 0 Å². The van der Waals surface area contributed by atoms with Crippen LogP contribution in [0.15, 0.2) is 46.9 Å². The number of nitrogens with one attached hydrogen (secondary N) is 1. The zero-order chi connectivity index (χ0) is 14.8. The van der Waals surface area contributed by atoms with Gasteiger partial charge in [-0.15, -0.1) is 0 Å². The smallest absolute Gasteiger partial charge is 0.237 e. The molecule has 20 heavy (non-hydrogen) atoms. The predicted molar refractivity (Wildman–Crippen MR) is 81.2 cm³/mol. The first-order valence-corrected chi connectivity index (χ1v) is 8.11. The van der Waals surface area contributed by atoms with E-state index in [1.165, 1.54) is 12.1 Å². The second kappa shape index (κ2) is 5.80. The molecule has 0 saturated heterocycles. The Labute approximate surface area is 125 Å². The average molecular weight is 359 g/mol. The fourth-order valence-corrected chi connectivity index (χ4v) is 3.47. The summed E-state index contributed by atoms with van der Waals surface area (Å²) in [6, 6.07) is 10.8. The molecule has 0 spiro atoms. The molecule has 0 radical (unpaired) electrons. The van der Waals surface area contributed by atoms with Crippen molar-refractivity contribution >= 4 is 37.3 Å². The Kier molecular flexibility index (Phi) is 4.29. The van der Waals surface area contributed by atoms with E-state index in [1.54, 1.807) is 30.3 Å². The van der Waals surface area contributed by atoms with Crippen molar-refractivity contribution in [3.05, 3.63) is 58.3 Å². The van der Waals surface area contributed by atoms with Crippen molar-refractivity contribution in [3.63, 3.8) is 0 Å². The minimum Gasteiger partial charge on any atom is -0.399 e. The molecule has 0 amide bonds. The second-order valence-corrected chi connectivity index (χ2v) is 6.78. The molecule has 3 N–H and O–H groups in total. The summed E-state index contributed by atoms with van der Waals surface area (Å²) in [5.41, 5.74) is 6.50. The third kappa shape index (κ3) is 3.71. The van der Waals surface area contributed by atoms with Crippen LogP contribution in [0.1, 0.15) is 5.56 Å². The van der Waals surface area contributed by atoms with E-state index in [1.807, 2.05) is 0 Å². The normalized spacial score (nSPS) is 11.3. The van der Waals surface area contributed by atoms with E-state index in [0.717, 1.165) is 0 Å². The first kappa shape index (κ1) is 14.8. The summed E-state index contributed by atoms with van der Waals surface area (Å²) in [5.74, 6) is -0.922. The molecule has 0 fully saturated rings. The lowest BCUT2D eigenvalue weighted by molar-refractivity contribution is 0.597. The van der Waals surface area contributed by atoms with Gasteiger partial charge in [0.2, 0.25) is 10.0 Å². The molecule has 0 aliphatic rings. The third-order valence-corrected chi connectivity index (χ3v) is 4.42. The van der Waals surface area contributed by atoms with Crippen LogP contribution >= 0.6 is 15.9 Å². The van der Waals surface area contributed by atoms with Crippen molar-refractivity contribution < 1.29 is 12.8 Å². The van der Waals surface area contributed by atoms with Crippen LogP contribution in [-0.2, 0) is 15.8 Å². The van der Waals surface area contributed by atoms with Crippen LogP contribution in [0, 0.1) is 5.82 Å². The molecule has 0 saturated carbocycles. The van der Waals surface area contributed by atoms with Crippen LogP contribution in [0.4, 0.5) is 15.8 Å². The molecular formula is C13H12BrFN2O2S. The van der Waals surface area contributed by atoms with E-state index >= 15 is 0 Å². The van der Waals surface area contributed by atoms with Crippen LogP contribution < -0.4 is 10.5 Å². The fraction of sp³-hybridized carbons (Fsp3) is 0.0769. The monoisotopic (exact) mass is 358 g/mol. The van der Waals surface area contributed by atoms with Gasteiger partial charge in [0.1, 0.15) is 5.82 Å². The van der Waals surface area contributed by atoms with Crippen LogP contribution in [0.5, 0.6) is 0 Å². The summed E-state index contributed by atoms with van der Waals surface area (Å²) < 4.78 is 40.3. The first-order valence-electron chi connectivity index (χ1n) is 5.66. The molecule has 0 aliphatic heterocycles. The summed E-state index contributed by atoms with van der Waals surface area (Å²) >= 11 is 3.11. The maximum absolute atomic E-state index is 13.6. The molecule has 0 atom stereocenters. The third-order valence-electron chi connectivity index (χ3n) is 2.53. The van der Waals surface area contributed by atoms with Crippen LogP contribution in [-0.4, -0.2) is 8.42 Å². The summed E-state index contributed by atoms with van der Waals surface area (Å²) in [6.07, 6.45) is 0. The minimum atomic E-state index is -3.72. The Hall–Kier alpha value is -1.60. The van der Waals surface area contributed by atoms with Crippen molar-refractivity contribution in [3.8, 4) is 0 Å². The molecule has 7 heteroatoms. The standard InChI is InChI=1S/C13H12BrFN2O2S/c14-11-5-2-6-12(15)13(11)17-20(18,19)8-9-3-1-4-10(16)7-9/h1-7,17H,8,16H2. The zero-order valence-corrected chi connectivity index (χ0v) is 12.7. The van der Waals surface area contributed by atoms with E-state index in [4.69, 9.17) is 5.73 Å². The number of nitrogen functional groups attached to an aromatic ring is 1. The maximum atomic E-state index is 13.6. The molecule has 2 aromatic carbocycles. The van der Waals surface area contributed by atoms with Gasteiger partial charge in [-0.2, -0.15) is 0 Å². The van der Waals surface area contributed by atoms with Gasteiger partial charge >= 0.3 is 0 Å². The van der Waals surface area contributed by atoms with Crippen molar-refractivity contribution in [2.75, 3.05) is 10.5 Å². The highest BCUT2D eigenvalue weighted by atomic mass is 79.9. The van der Waals surface area contributed by atoms with E-state index in [2.05, 4.69) is 20.7 Å². The Bertz CT molecular complexity index is 715. The maximum Gasteiger partial charge on any atom is 0.237 e. The summed E-state index contributed by atoms with van der Waals surface area (Å²) in [7, 11) is -3.72. The summed E-state index contributed by atoms with van der Waals surface area (Å²) in [5, 5.41) is 0. The van der Waals surface area contributed by atoms with Crippen molar-refractivity contribution in [1.82, 2.24) is 0 Å². The number of hydrogen-bond acceptors (Lipinski definition) is 3. The summed E-state index contributed by atoms with van der Waals surface area (Å²) in [6.45, 7) is 0. The number of halogens is 2. The second-order valence-electron chi connectivity index (χ2n) is 4.20. The highest BCUT2D eigenvalue weighted by Gasteiger charge is 2.16. The first-order chi connectivity index (χ1) is 9.37. The topological polar surface area (TPSA) is 72.2 Å². The number of benzene rings is 2. The van der Waals surface area contributed by atoms with Crippen LogP contribution in [0.25, 0.3) is 0 Å². The highest BCUT2D eigenvalue weighted by molar-refractivity contribution is 9.10. The minimum absolute atomic E-state index is 0.101. The van der Waals surface area contributed by atoms with Crippen molar-refractivity contribution in [2.24, 2.45) is 0 Å². The van der Waals surface area contributed by atoms with E-state index < -0.39 is 15.8 Å². The zero-order valence-electron chi connectivity index (χ0n) is 10.3. The van der Waals surface area contributed by atoms with Gasteiger partial charge in [-0.3, -0.25) is 4.72 Å². The molecule has 4 nitrogen and oxygen atoms in total. The molecule has 2 aromatic rings. The van der Waals surface area contributed by atoms with Gasteiger partial charge in [0.05, 0.1) is 11.4 Å². The number of sulfonamides is 1. The number of para-hydroxylation sites is 1. The van der Waals surface area contributed by atoms with Crippen molar-refractivity contribution in [2.45, 2.75) is 5.75 Å². The Morgan fingerprint density at radius 2 is 1.90 bits per heavy atom. The molecule has 0 bridgehead atoms. The van der Waals surface area contributed by atoms with Gasteiger partial charge in [-0.25, -0.2) is 12.8 Å². The van der Waals surface area contributed by atoms with Crippen molar-refractivity contribution in [1.29, 1.82) is 0 Å². The predicted octanol–water partition coefficient (Wildman–Crippen LogP) is 3.11. The van der Waals surface area contributed by atoms with Crippen LogP contribution in [0.2, 0.25) is 0 Å². The molecule has 0 heterocycles. The largest absolute Gasteiger partial charge is 0.399 e. The van der Waals surface area contributed by atoms with Gasteiger partial charge in [0, 0.05) is 10.2 Å². The molecule has 0 unspecified atom stereocenters. The molecule has 2 rings (SSSR count). The Morgan fingerprint density at radius 1 is 1.20 bits per heavy atom. The van der Waals surface area contributed by atoms with Gasteiger partial charge in [-0.1, -0.05) is 18.2 Å². The van der Waals surface area contributed by atoms with E-state index in [0.29, 0.717) is 15.7 Å².